The van der Waals surface area contributed by atoms with Gasteiger partial charge < -0.3 is 4.74 Å². The van der Waals surface area contributed by atoms with Crippen molar-refractivity contribution in [3.8, 4) is 5.75 Å². The summed E-state index contributed by atoms with van der Waals surface area (Å²) >= 11 is 6.99. The maximum atomic E-state index is 13.0. The molecule has 4 aromatic rings. The molecule has 0 fully saturated rings. The fraction of sp³-hybridized carbons (Fsp3) is 0.160. The minimum Gasteiger partial charge on any atom is -0.488 e. The molecular weight excluding hydrogens is 534 g/mol. The molecule has 4 rings (SSSR count). The molecule has 32 heavy (non-hydrogen) atoms. The molecule has 0 radical (unpaired) electrons. The van der Waals surface area contributed by atoms with Gasteiger partial charge in [-0.15, -0.1) is 0 Å². The predicted octanol–water partition coefficient (Wildman–Crippen LogP) is 6.25. The van der Waals surface area contributed by atoms with Gasteiger partial charge in [0, 0.05) is 10.9 Å². The van der Waals surface area contributed by atoms with Crippen molar-refractivity contribution in [1.29, 1.82) is 0 Å². The number of hydrogen-bond acceptors (Lipinski definition) is 4. The van der Waals surface area contributed by atoms with E-state index in [9.17, 15) is 4.79 Å². The molecule has 0 unspecified atom stereocenters. The van der Waals surface area contributed by atoms with Crippen molar-refractivity contribution >= 4 is 49.0 Å². The van der Waals surface area contributed by atoms with Gasteiger partial charge in [-0.05, 0) is 70.4 Å². The molecule has 0 bridgehead atoms. The average molecular weight is 555 g/mol. The summed E-state index contributed by atoms with van der Waals surface area (Å²) in [4.78, 5) is 17.6. The van der Waals surface area contributed by atoms with E-state index in [1.165, 1.54) is 10.2 Å². The highest BCUT2D eigenvalue weighted by Crippen LogP contribution is 2.26. The van der Waals surface area contributed by atoms with Crippen molar-refractivity contribution in [2.75, 3.05) is 0 Å². The van der Waals surface area contributed by atoms with Gasteiger partial charge in [0.15, 0.2) is 0 Å². The summed E-state index contributed by atoms with van der Waals surface area (Å²) in [7, 11) is 0. The van der Waals surface area contributed by atoms with Crippen LogP contribution in [0.2, 0.25) is 0 Å². The highest BCUT2D eigenvalue weighted by molar-refractivity contribution is 9.10. The molecule has 5 nitrogen and oxygen atoms in total. The van der Waals surface area contributed by atoms with Crippen LogP contribution in [0.1, 0.15) is 29.4 Å². The van der Waals surface area contributed by atoms with E-state index >= 15 is 0 Å². The summed E-state index contributed by atoms with van der Waals surface area (Å²) in [5.74, 6) is 1.35. The second-order valence-electron chi connectivity index (χ2n) is 7.37. The minimum atomic E-state index is -0.193. The van der Waals surface area contributed by atoms with Crippen LogP contribution in [0.15, 0.2) is 79.5 Å². The molecule has 7 heteroatoms. The number of nitrogens with zero attached hydrogens (tertiary/aromatic N) is 3. The van der Waals surface area contributed by atoms with E-state index in [2.05, 4.69) is 73.1 Å². The van der Waals surface area contributed by atoms with E-state index in [4.69, 9.17) is 4.74 Å². The normalized spacial score (nSPS) is 11.4. The van der Waals surface area contributed by atoms with E-state index < -0.39 is 0 Å². The van der Waals surface area contributed by atoms with E-state index in [0.29, 0.717) is 29.8 Å². The SMILES string of the molecule is CCc1nc2ccc(Br)cc2c(=O)n1N=Cc1ccc(OCc2ccc(C)cc2)c(Br)c1. The van der Waals surface area contributed by atoms with Gasteiger partial charge in [-0.25, -0.2) is 4.98 Å². The lowest BCUT2D eigenvalue weighted by molar-refractivity contribution is 0.304. The highest BCUT2D eigenvalue weighted by atomic mass is 79.9. The zero-order valence-electron chi connectivity index (χ0n) is 17.7. The molecular formula is C25H21Br2N3O2. The van der Waals surface area contributed by atoms with Crippen LogP contribution in [-0.2, 0) is 13.0 Å². The van der Waals surface area contributed by atoms with Crippen LogP contribution in [-0.4, -0.2) is 15.9 Å². The Kier molecular flexibility index (Phi) is 6.86. The molecule has 0 aliphatic carbocycles. The summed E-state index contributed by atoms with van der Waals surface area (Å²) in [5.41, 5.74) is 3.64. The van der Waals surface area contributed by atoms with Gasteiger partial charge in [-0.1, -0.05) is 52.7 Å². The number of rotatable bonds is 6. The zero-order chi connectivity index (χ0) is 22.7. The van der Waals surface area contributed by atoms with Crippen molar-refractivity contribution in [3.63, 3.8) is 0 Å². The number of benzene rings is 3. The van der Waals surface area contributed by atoms with Crippen molar-refractivity contribution < 1.29 is 4.74 Å². The summed E-state index contributed by atoms with van der Waals surface area (Å²) in [5, 5.41) is 4.96. The summed E-state index contributed by atoms with van der Waals surface area (Å²) in [6.07, 6.45) is 2.24. The number of fused-ring (bicyclic) bond motifs is 1. The number of aryl methyl sites for hydroxylation is 2. The van der Waals surface area contributed by atoms with Crippen LogP contribution in [0.4, 0.5) is 0 Å². The molecule has 0 saturated heterocycles. The summed E-state index contributed by atoms with van der Waals surface area (Å²) in [6, 6.07) is 19.4. The molecule has 0 amide bonds. The Morgan fingerprint density at radius 2 is 1.84 bits per heavy atom. The van der Waals surface area contributed by atoms with E-state index in [-0.39, 0.29) is 5.56 Å². The summed E-state index contributed by atoms with van der Waals surface area (Å²) < 4.78 is 8.94. The van der Waals surface area contributed by atoms with Crippen molar-refractivity contribution in [2.45, 2.75) is 26.9 Å². The third kappa shape index (κ3) is 5.00. The molecule has 1 heterocycles. The van der Waals surface area contributed by atoms with E-state index in [1.807, 2.05) is 37.3 Å². The Labute approximate surface area is 203 Å². The van der Waals surface area contributed by atoms with Gasteiger partial charge in [0.25, 0.3) is 5.56 Å². The van der Waals surface area contributed by atoms with Gasteiger partial charge >= 0.3 is 0 Å². The lowest BCUT2D eigenvalue weighted by Crippen LogP contribution is -2.22. The van der Waals surface area contributed by atoms with Crippen LogP contribution >= 0.6 is 31.9 Å². The Hall–Kier alpha value is -2.77. The van der Waals surface area contributed by atoms with Crippen LogP contribution in [0, 0.1) is 6.92 Å². The molecule has 0 N–H and O–H groups in total. The molecule has 3 aromatic carbocycles. The van der Waals surface area contributed by atoms with Crippen LogP contribution < -0.4 is 10.3 Å². The fourth-order valence-corrected chi connectivity index (χ4v) is 4.10. The Balaban J connectivity index is 1.57. The number of ether oxygens (including phenoxy) is 1. The third-order valence-corrected chi connectivity index (χ3v) is 6.10. The van der Waals surface area contributed by atoms with Gasteiger partial charge in [0.1, 0.15) is 18.2 Å². The lowest BCUT2D eigenvalue weighted by Gasteiger charge is -2.10. The summed E-state index contributed by atoms with van der Waals surface area (Å²) in [6.45, 7) is 4.50. The zero-order valence-corrected chi connectivity index (χ0v) is 20.9. The first kappa shape index (κ1) is 22.4. The molecule has 0 saturated carbocycles. The monoisotopic (exact) mass is 553 g/mol. The van der Waals surface area contributed by atoms with Crippen LogP contribution in [0.25, 0.3) is 10.9 Å². The first-order valence-electron chi connectivity index (χ1n) is 10.2. The second-order valence-corrected chi connectivity index (χ2v) is 9.14. The van der Waals surface area contributed by atoms with Gasteiger partial charge in [0.05, 0.1) is 21.6 Å². The van der Waals surface area contributed by atoms with Gasteiger partial charge in [-0.2, -0.15) is 9.78 Å². The smallest absolute Gasteiger partial charge is 0.282 e. The number of aromatic nitrogens is 2. The van der Waals surface area contributed by atoms with Crippen molar-refractivity contribution in [2.24, 2.45) is 5.10 Å². The predicted molar refractivity (Wildman–Crippen MR) is 136 cm³/mol. The Morgan fingerprint density at radius 1 is 1.06 bits per heavy atom. The average Bonchev–Trinajstić information content (AvgIpc) is 2.79. The number of hydrogen-bond donors (Lipinski definition) is 0. The number of halogens is 2. The van der Waals surface area contributed by atoms with Gasteiger partial charge in [0.2, 0.25) is 0 Å². The highest BCUT2D eigenvalue weighted by Gasteiger charge is 2.10. The molecule has 0 aliphatic heterocycles. The first-order chi connectivity index (χ1) is 15.4. The fourth-order valence-electron chi connectivity index (χ4n) is 3.23. The third-order valence-electron chi connectivity index (χ3n) is 4.98. The molecule has 0 aliphatic rings. The first-order valence-corrected chi connectivity index (χ1v) is 11.8. The maximum absolute atomic E-state index is 13.0. The topological polar surface area (TPSA) is 56.5 Å². The molecule has 1 aromatic heterocycles. The molecule has 0 spiro atoms. The van der Waals surface area contributed by atoms with E-state index in [0.717, 1.165) is 25.8 Å². The standard InChI is InChI=1S/C25H21Br2N3O2/c1-3-24-29-22-10-9-19(26)13-20(22)25(31)30(24)28-14-18-8-11-23(21(27)12-18)32-15-17-6-4-16(2)5-7-17/h4-14H,3,15H2,1-2H3. The van der Waals surface area contributed by atoms with Crippen LogP contribution in [0.3, 0.4) is 0 Å². The molecule has 162 valence electrons. The molecule has 0 atom stereocenters. The Morgan fingerprint density at radius 3 is 2.56 bits per heavy atom. The van der Waals surface area contributed by atoms with Gasteiger partial charge in [-0.3, -0.25) is 4.79 Å². The Bertz CT molecular complexity index is 1360. The van der Waals surface area contributed by atoms with Crippen molar-refractivity contribution in [1.82, 2.24) is 9.66 Å². The maximum Gasteiger partial charge on any atom is 0.282 e. The van der Waals surface area contributed by atoms with E-state index in [1.54, 1.807) is 12.3 Å². The lowest BCUT2D eigenvalue weighted by atomic mass is 10.2. The minimum absolute atomic E-state index is 0.193. The van der Waals surface area contributed by atoms with Crippen molar-refractivity contribution in [3.05, 3.63) is 102 Å². The largest absolute Gasteiger partial charge is 0.488 e. The van der Waals surface area contributed by atoms with Crippen LogP contribution in [0.5, 0.6) is 5.75 Å². The quantitative estimate of drug-likeness (QED) is 0.264. The second kappa shape index (κ2) is 9.79.